The van der Waals surface area contributed by atoms with Gasteiger partial charge in [-0.15, -0.1) is 0 Å². The number of hydrogen-bond donors (Lipinski definition) is 0. The van der Waals surface area contributed by atoms with Gasteiger partial charge in [0.15, 0.2) is 5.58 Å². The number of para-hydroxylation sites is 3. The molecule has 0 N–H and O–H groups in total. The molecule has 0 spiro atoms. The van der Waals surface area contributed by atoms with Crippen molar-refractivity contribution in [1.82, 2.24) is 4.57 Å². The molecule has 0 fully saturated rings. The molecule has 0 saturated heterocycles. The van der Waals surface area contributed by atoms with E-state index in [9.17, 15) is 0 Å². The summed E-state index contributed by atoms with van der Waals surface area (Å²) in [6.45, 7) is 0. The number of hydrogen-bond acceptors (Lipinski definition) is 2. The maximum atomic E-state index is 6.90. The van der Waals surface area contributed by atoms with Crippen molar-refractivity contribution >= 4 is 71.6 Å². The van der Waals surface area contributed by atoms with Gasteiger partial charge in [0.2, 0.25) is 0 Å². The Morgan fingerprint density at radius 1 is 0.345 bits per heavy atom. The summed E-state index contributed by atoms with van der Waals surface area (Å²) in [4.78, 5) is 2.33. The van der Waals surface area contributed by atoms with E-state index in [1.807, 2.05) is 0 Å². The Morgan fingerprint density at radius 2 is 0.964 bits per heavy atom. The Balaban J connectivity index is 1.07. The van der Waals surface area contributed by atoms with Gasteiger partial charge in [0.1, 0.15) is 5.58 Å². The van der Waals surface area contributed by atoms with Gasteiger partial charge >= 0.3 is 0 Å². The fourth-order valence-corrected chi connectivity index (χ4v) is 8.38. The molecule has 11 aromatic rings. The molecule has 9 aromatic carbocycles. The maximum Gasteiger partial charge on any atom is 0.159 e. The van der Waals surface area contributed by atoms with Gasteiger partial charge in [0.25, 0.3) is 0 Å². The fraction of sp³-hybridized carbons (Fsp3) is 0. The summed E-state index contributed by atoms with van der Waals surface area (Å²) in [7, 11) is 0. The minimum Gasteiger partial charge on any atom is -0.453 e. The first-order valence-corrected chi connectivity index (χ1v) is 18.8. The molecule has 0 aliphatic heterocycles. The van der Waals surface area contributed by atoms with Gasteiger partial charge in [-0.1, -0.05) is 140 Å². The Kier molecular flexibility index (Phi) is 7.17. The molecule has 2 aromatic heterocycles. The Hall–Kier alpha value is -7.36. The third kappa shape index (κ3) is 5.13. The lowest BCUT2D eigenvalue weighted by molar-refractivity contribution is 0.673. The van der Waals surface area contributed by atoms with Crippen molar-refractivity contribution in [3.63, 3.8) is 0 Å². The number of benzene rings is 9. The monoisotopic (exact) mass is 702 g/mol. The lowest BCUT2D eigenvalue weighted by atomic mass is 10.0. The number of furan rings is 1. The van der Waals surface area contributed by atoms with Crippen molar-refractivity contribution in [2.24, 2.45) is 0 Å². The summed E-state index contributed by atoms with van der Waals surface area (Å²) < 4.78 is 9.26. The lowest BCUT2D eigenvalue weighted by Crippen LogP contribution is -2.10. The van der Waals surface area contributed by atoms with Crippen LogP contribution >= 0.6 is 0 Å². The third-order valence-electron chi connectivity index (χ3n) is 11.0. The van der Waals surface area contributed by atoms with Crippen LogP contribution in [0.15, 0.2) is 211 Å². The predicted molar refractivity (Wildman–Crippen MR) is 231 cm³/mol. The van der Waals surface area contributed by atoms with Crippen LogP contribution < -0.4 is 4.90 Å². The van der Waals surface area contributed by atoms with Crippen LogP contribution in [0.2, 0.25) is 0 Å². The topological polar surface area (TPSA) is 21.3 Å². The van der Waals surface area contributed by atoms with Crippen molar-refractivity contribution in [3.8, 4) is 27.9 Å². The van der Waals surface area contributed by atoms with Gasteiger partial charge in [-0.05, 0) is 94.4 Å². The quantitative estimate of drug-likeness (QED) is 0.172. The number of fused-ring (bicyclic) bond motifs is 8. The van der Waals surface area contributed by atoms with E-state index in [2.05, 4.69) is 216 Å². The number of rotatable bonds is 6. The number of nitrogens with zero attached hydrogens (tertiary/aromatic N) is 2. The Labute approximate surface area is 318 Å². The largest absolute Gasteiger partial charge is 0.453 e. The van der Waals surface area contributed by atoms with E-state index >= 15 is 0 Å². The van der Waals surface area contributed by atoms with Crippen molar-refractivity contribution in [2.75, 3.05) is 4.90 Å². The molecule has 3 nitrogen and oxygen atoms in total. The van der Waals surface area contributed by atoms with Gasteiger partial charge in [-0.2, -0.15) is 0 Å². The molecule has 2 heterocycles. The summed E-state index contributed by atoms with van der Waals surface area (Å²) in [6, 6.07) is 73.8. The maximum absolute atomic E-state index is 6.90. The average Bonchev–Trinajstić information content (AvgIpc) is 3.81. The highest BCUT2D eigenvalue weighted by molar-refractivity contribution is 6.17. The lowest BCUT2D eigenvalue weighted by Gasteiger charge is -2.26. The van der Waals surface area contributed by atoms with Gasteiger partial charge in [0.05, 0.1) is 16.7 Å². The molecule has 3 heteroatoms. The van der Waals surface area contributed by atoms with Crippen LogP contribution in [0.5, 0.6) is 0 Å². The highest BCUT2D eigenvalue weighted by Gasteiger charge is 2.21. The van der Waals surface area contributed by atoms with Gasteiger partial charge in [-0.3, -0.25) is 0 Å². The summed E-state index contributed by atoms with van der Waals surface area (Å²) in [5.41, 5.74) is 13.1. The van der Waals surface area contributed by atoms with E-state index in [-0.39, 0.29) is 0 Å². The first kappa shape index (κ1) is 31.2. The smallest absolute Gasteiger partial charge is 0.159 e. The second-order valence-corrected chi connectivity index (χ2v) is 14.1. The summed E-state index contributed by atoms with van der Waals surface area (Å²) in [5.74, 6) is 0. The SMILES string of the molecule is c1ccc(-c2cccc(N(c3ccc(-c4ccc5c(c4)c4ccccc4n5-c4ccccc4)cc3)c3cccc4c3oc3c5ccccc5ccc43)c2)cc1. The van der Waals surface area contributed by atoms with E-state index < -0.39 is 0 Å². The Morgan fingerprint density at radius 3 is 1.82 bits per heavy atom. The number of aromatic nitrogens is 1. The summed E-state index contributed by atoms with van der Waals surface area (Å²) >= 11 is 0. The van der Waals surface area contributed by atoms with E-state index in [4.69, 9.17) is 4.42 Å². The van der Waals surface area contributed by atoms with Gasteiger partial charge in [-0.25, -0.2) is 0 Å². The van der Waals surface area contributed by atoms with Crippen LogP contribution in [0.3, 0.4) is 0 Å². The molecule has 0 unspecified atom stereocenters. The van der Waals surface area contributed by atoms with Gasteiger partial charge in [0, 0.05) is 44.0 Å². The second kappa shape index (κ2) is 12.6. The summed E-state index contributed by atoms with van der Waals surface area (Å²) in [6.07, 6.45) is 0. The third-order valence-corrected chi connectivity index (χ3v) is 11.0. The molecular formula is C52H34N2O. The molecule has 0 amide bonds. The van der Waals surface area contributed by atoms with Crippen molar-refractivity contribution in [1.29, 1.82) is 0 Å². The van der Waals surface area contributed by atoms with Crippen LogP contribution in [0.1, 0.15) is 0 Å². The van der Waals surface area contributed by atoms with E-state index in [1.54, 1.807) is 0 Å². The zero-order valence-electron chi connectivity index (χ0n) is 29.9. The summed E-state index contributed by atoms with van der Waals surface area (Å²) in [5, 5.41) is 6.99. The molecule has 0 aliphatic rings. The van der Waals surface area contributed by atoms with E-state index in [0.717, 1.165) is 61.2 Å². The first-order chi connectivity index (χ1) is 27.3. The van der Waals surface area contributed by atoms with Crippen LogP contribution in [-0.2, 0) is 0 Å². The Bertz CT molecular complexity index is 3190. The van der Waals surface area contributed by atoms with E-state index in [1.165, 1.54) is 38.3 Å². The fourth-order valence-electron chi connectivity index (χ4n) is 8.38. The first-order valence-electron chi connectivity index (χ1n) is 18.8. The number of anilines is 3. The molecule has 0 saturated carbocycles. The van der Waals surface area contributed by atoms with Crippen molar-refractivity contribution in [2.45, 2.75) is 0 Å². The van der Waals surface area contributed by atoms with Crippen LogP contribution in [0.4, 0.5) is 17.1 Å². The zero-order valence-corrected chi connectivity index (χ0v) is 29.9. The standard InChI is InChI=1S/C52H34N2O/c1-3-13-35(14-4-1)38-16-11-19-42(33-38)53(50-24-12-22-45-46-31-27-37-15-7-8-20-43(37)51(46)55-52(45)50)41-29-25-36(26-30-41)39-28-32-49-47(34-39)44-21-9-10-23-48(44)54(49)40-17-5-2-6-18-40/h1-34H. The van der Waals surface area contributed by atoms with Crippen LogP contribution in [-0.4, -0.2) is 4.57 Å². The average molecular weight is 703 g/mol. The van der Waals surface area contributed by atoms with Crippen LogP contribution in [0.25, 0.3) is 82.5 Å². The zero-order chi connectivity index (χ0) is 36.3. The molecular weight excluding hydrogens is 669 g/mol. The molecule has 0 aliphatic carbocycles. The molecule has 0 radical (unpaired) electrons. The normalized spacial score (nSPS) is 11.6. The van der Waals surface area contributed by atoms with Crippen LogP contribution in [0, 0.1) is 0 Å². The highest BCUT2D eigenvalue weighted by atomic mass is 16.3. The van der Waals surface area contributed by atoms with Crippen molar-refractivity contribution < 1.29 is 4.42 Å². The molecule has 11 rings (SSSR count). The van der Waals surface area contributed by atoms with Crippen molar-refractivity contribution in [3.05, 3.63) is 206 Å². The second-order valence-electron chi connectivity index (χ2n) is 14.1. The van der Waals surface area contributed by atoms with E-state index in [0.29, 0.717) is 0 Å². The minimum atomic E-state index is 0.864. The minimum absolute atomic E-state index is 0.864. The molecule has 258 valence electrons. The molecule has 0 atom stereocenters. The van der Waals surface area contributed by atoms with Gasteiger partial charge < -0.3 is 13.9 Å². The molecule has 55 heavy (non-hydrogen) atoms. The predicted octanol–water partition coefficient (Wildman–Crippen LogP) is 14.6. The molecule has 0 bridgehead atoms. The highest BCUT2D eigenvalue weighted by Crippen LogP contribution is 2.45.